The maximum absolute atomic E-state index is 14.0. The molecule has 2 aromatic carbocycles. The van der Waals surface area contributed by atoms with Crippen molar-refractivity contribution in [1.82, 2.24) is 20.7 Å². The highest BCUT2D eigenvalue weighted by Gasteiger charge is 2.25. The summed E-state index contributed by atoms with van der Waals surface area (Å²) < 4.78 is 14.0. The number of likely N-dealkylation sites (N-methyl/N-ethyl adjacent to an activating group) is 2. The van der Waals surface area contributed by atoms with Crippen LogP contribution in [-0.2, 0) is 22.7 Å². The van der Waals surface area contributed by atoms with Gasteiger partial charge >= 0.3 is 0 Å². The molecule has 0 radical (unpaired) electrons. The molecular formula is C25H31FN6O2. The molecule has 0 aliphatic carbocycles. The Balaban J connectivity index is 1.60. The van der Waals surface area contributed by atoms with E-state index in [9.17, 15) is 19.2 Å². The first-order valence-corrected chi connectivity index (χ1v) is 11.4. The summed E-state index contributed by atoms with van der Waals surface area (Å²) in [4.78, 5) is 27.3. The minimum atomic E-state index is -0.612. The van der Waals surface area contributed by atoms with Gasteiger partial charge in [-0.2, -0.15) is 5.26 Å². The molecular weight excluding hydrogens is 435 g/mol. The summed E-state index contributed by atoms with van der Waals surface area (Å²) in [6.07, 6.45) is 0. The van der Waals surface area contributed by atoms with Gasteiger partial charge in [-0.15, -0.1) is 0 Å². The van der Waals surface area contributed by atoms with Gasteiger partial charge in [0.05, 0.1) is 18.7 Å². The largest absolute Gasteiger partial charge is 0.315 e. The van der Waals surface area contributed by atoms with Gasteiger partial charge < -0.3 is 10.2 Å². The van der Waals surface area contributed by atoms with Gasteiger partial charge in [-0.3, -0.25) is 19.9 Å². The van der Waals surface area contributed by atoms with Crippen LogP contribution in [0.2, 0.25) is 0 Å². The lowest BCUT2D eigenvalue weighted by atomic mass is 10.1. The first-order chi connectivity index (χ1) is 16.3. The smallest absolute Gasteiger partial charge is 0.250 e. The SMILES string of the molecule is CCNCCN(C(=O)CNCC(=O)N(C)N1Cc2ccccc2C1)c1cc(C#N)c(F)cc1C. The van der Waals surface area contributed by atoms with Crippen LogP contribution in [-0.4, -0.2) is 61.6 Å². The number of carbonyl (C=O) groups excluding carboxylic acids is 2. The lowest BCUT2D eigenvalue weighted by Crippen LogP contribution is -2.47. The Hall–Kier alpha value is -3.32. The number of halogens is 1. The standard InChI is InChI=1S/C25H31FN6O2/c1-4-28-9-10-32(23-12-21(13-27)22(26)11-18(23)2)25(34)15-29-14-24(33)30(3)31-16-19-7-5-6-8-20(19)17-31/h5-8,11-12,28-29H,4,9-10,14-17H2,1-3H3. The number of hydrazine groups is 1. The number of rotatable bonds is 10. The third-order valence-corrected chi connectivity index (χ3v) is 5.92. The van der Waals surface area contributed by atoms with E-state index in [0.29, 0.717) is 37.4 Å². The zero-order valence-electron chi connectivity index (χ0n) is 19.9. The van der Waals surface area contributed by atoms with Crippen LogP contribution in [0, 0.1) is 24.1 Å². The summed E-state index contributed by atoms with van der Waals surface area (Å²) in [5.74, 6) is -1.02. The van der Waals surface area contributed by atoms with E-state index >= 15 is 0 Å². The van der Waals surface area contributed by atoms with Crippen LogP contribution >= 0.6 is 0 Å². The average Bonchev–Trinajstić information content (AvgIpc) is 3.26. The van der Waals surface area contributed by atoms with E-state index in [1.54, 1.807) is 19.0 Å². The van der Waals surface area contributed by atoms with E-state index in [-0.39, 0.29) is 30.5 Å². The molecule has 0 atom stereocenters. The minimum Gasteiger partial charge on any atom is -0.315 e. The van der Waals surface area contributed by atoms with Gasteiger partial charge in [0, 0.05) is 38.9 Å². The van der Waals surface area contributed by atoms with Crippen LogP contribution in [0.1, 0.15) is 29.2 Å². The van der Waals surface area contributed by atoms with Crippen LogP contribution in [0.25, 0.3) is 0 Å². The number of anilines is 1. The molecule has 0 spiro atoms. The van der Waals surface area contributed by atoms with Crippen LogP contribution in [0.15, 0.2) is 36.4 Å². The molecule has 1 aliphatic heterocycles. The Kier molecular flexibility index (Phi) is 8.71. The van der Waals surface area contributed by atoms with E-state index in [1.165, 1.54) is 28.2 Å². The van der Waals surface area contributed by atoms with Crippen molar-refractivity contribution >= 4 is 17.5 Å². The monoisotopic (exact) mass is 466 g/mol. The average molecular weight is 467 g/mol. The second kappa shape index (κ2) is 11.7. The Morgan fingerprint density at radius 1 is 1.12 bits per heavy atom. The van der Waals surface area contributed by atoms with Crippen LogP contribution in [0.4, 0.5) is 10.1 Å². The zero-order chi connectivity index (χ0) is 24.7. The number of aryl methyl sites for hydroxylation is 1. The van der Waals surface area contributed by atoms with Crippen molar-refractivity contribution in [2.45, 2.75) is 26.9 Å². The topological polar surface area (TPSA) is 91.7 Å². The molecule has 1 aliphatic rings. The van der Waals surface area contributed by atoms with Crippen molar-refractivity contribution in [1.29, 1.82) is 5.26 Å². The number of nitrogens with one attached hydrogen (secondary N) is 2. The first-order valence-electron chi connectivity index (χ1n) is 11.4. The fourth-order valence-electron chi connectivity index (χ4n) is 3.96. The van der Waals surface area contributed by atoms with Crippen molar-refractivity contribution in [2.75, 3.05) is 44.7 Å². The van der Waals surface area contributed by atoms with Crippen molar-refractivity contribution in [2.24, 2.45) is 0 Å². The number of hydrogen-bond acceptors (Lipinski definition) is 6. The highest BCUT2D eigenvalue weighted by atomic mass is 19.1. The molecule has 2 N–H and O–H groups in total. The summed E-state index contributed by atoms with van der Waals surface area (Å²) >= 11 is 0. The maximum Gasteiger partial charge on any atom is 0.250 e. The molecule has 0 unspecified atom stereocenters. The molecule has 0 aromatic heterocycles. The third-order valence-electron chi connectivity index (χ3n) is 5.92. The lowest BCUT2D eigenvalue weighted by Gasteiger charge is -2.28. The fraction of sp³-hybridized carbons (Fsp3) is 0.400. The molecule has 3 rings (SSSR count). The normalized spacial score (nSPS) is 12.8. The highest BCUT2D eigenvalue weighted by molar-refractivity contribution is 5.96. The summed E-state index contributed by atoms with van der Waals surface area (Å²) in [5, 5.41) is 18.9. The van der Waals surface area contributed by atoms with E-state index in [1.807, 2.05) is 30.1 Å². The molecule has 1 heterocycles. The molecule has 0 saturated heterocycles. The van der Waals surface area contributed by atoms with Crippen molar-refractivity contribution in [3.63, 3.8) is 0 Å². The van der Waals surface area contributed by atoms with Crippen LogP contribution < -0.4 is 15.5 Å². The van der Waals surface area contributed by atoms with Gasteiger partial charge in [-0.1, -0.05) is 31.2 Å². The summed E-state index contributed by atoms with van der Waals surface area (Å²) in [6.45, 7) is 6.57. The van der Waals surface area contributed by atoms with E-state index in [0.717, 1.165) is 6.54 Å². The van der Waals surface area contributed by atoms with Crippen molar-refractivity contribution < 1.29 is 14.0 Å². The quantitative estimate of drug-likeness (QED) is 0.520. The second-order valence-electron chi connectivity index (χ2n) is 8.24. The number of fused-ring (bicyclic) bond motifs is 1. The molecule has 34 heavy (non-hydrogen) atoms. The predicted octanol–water partition coefficient (Wildman–Crippen LogP) is 1.93. The minimum absolute atomic E-state index is 0.00197. The molecule has 8 nitrogen and oxygen atoms in total. The summed E-state index contributed by atoms with van der Waals surface area (Å²) in [5.41, 5.74) is 3.34. The van der Waals surface area contributed by atoms with Gasteiger partial charge in [-0.05, 0) is 42.3 Å². The predicted molar refractivity (Wildman–Crippen MR) is 128 cm³/mol. The van der Waals surface area contributed by atoms with E-state index in [4.69, 9.17) is 0 Å². The van der Waals surface area contributed by atoms with Gasteiger partial charge in [0.1, 0.15) is 11.9 Å². The van der Waals surface area contributed by atoms with Crippen LogP contribution in [0.3, 0.4) is 0 Å². The molecule has 180 valence electrons. The van der Waals surface area contributed by atoms with E-state index in [2.05, 4.69) is 22.8 Å². The second-order valence-corrected chi connectivity index (χ2v) is 8.24. The zero-order valence-corrected chi connectivity index (χ0v) is 19.9. The van der Waals surface area contributed by atoms with Gasteiger partial charge in [0.25, 0.3) is 5.91 Å². The molecule has 9 heteroatoms. The van der Waals surface area contributed by atoms with Crippen LogP contribution in [0.5, 0.6) is 0 Å². The van der Waals surface area contributed by atoms with E-state index < -0.39 is 5.82 Å². The highest BCUT2D eigenvalue weighted by Crippen LogP contribution is 2.24. The lowest BCUT2D eigenvalue weighted by molar-refractivity contribution is -0.145. The first kappa shape index (κ1) is 25.3. The Morgan fingerprint density at radius 3 is 2.38 bits per heavy atom. The Morgan fingerprint density at radius 2 is 1.76 bits per heavy atom. The number of carbonyl (C=O) groups is 2. The molecule has 0 saturated carbocycles. The third kappa shape index (κ3) is 5.97. The number of hydrogen-bond donors (Lipinski definition) is 2. The molecule has 0 fully saturated rings. The Labute approximate surface area is 199 Å². The number of nitrogens with zero attached hydrogens (tertiary/aromatic N) is 4. The number of benzene rings is 2. The molecule has 2 amide bonds. The summed E-state index contributed by atoms with van der Waals surface area (Å²) in [6, 6.07) is 12.6. The number of nitriles is 1. The van der Waals surface area contributed by atoms with Gasteiger partial charge in [0.2, 0.25) is 5.91 Å². The number of amides is 2. The molecule has 2 aromatic rings. The Bertz CT molecular complexity index is 1060. The van der Waals surface area contributed by atoms with Gasteiger partial charge in [0.15, 0.2) is 0 Å². The van der Waals surface area contributed by atoms with Gasteiger partial charge in [-0.25, -0.2) is 9.40 Å². The fourth-order valence-corrected chi connectivity index (χ4v) is 3.96. The van der Waals surface area contributed by atoms with Crippen molar-refractivity contribution in [3.05, 3.63) is 64.5 Å². The maximum atomic E-state index is 14.0. The van der Waals surface area contributed by atoms with Crippen molar-refractivity contribution in [3.8, 4) is 6.07 Å². The summed E-state index contributed by atoms with van der Waals surface area (Å²) in [7, 11) is 1.73. The molecule has 0 bridgehead atoms.